The number of furan rings is 1. The van der Waals surface area contributed by atoms with Crippen LogP contribution in [0.5, 0.6) is 0 Å². The minimum Gasteiger partial charge on any atom is -0.466 e. The fourth-order valence-corrected chi connectivity index (χ4v) is 1.81. The Bertz CT molecular complexity index is 544. The molecule has 1 aromatic carbocycles. The summed E-state index contributed by atoms with van der Waals surface area (Å²) in [5.41, 5.74) is 7.17. The number of carbonyl (C=O) groups is 1. The minimum atomic E-state index is -0.0770. The van der Waals surface area contributed by atoms with Crippen molar-refractivity contribution < 1.29 is 9.21 Å². The Morgan fingerprint density at radius 2 is 1.95 bits per heavy atom. The van der Waals surface area contributed by atoms with Gasteiger partial charge in [-0.1, -0.05) is 12.1 Å². The summed E-state index contributed by atoms with van der Waals surface area (Å²) < 4.78 is 5.44. The molecule has 0 atom stereocenters. The second-order valence-corrected chi connectivity index (χ2v) is 4.42. The van der Waals surface area contributed by atoms with E-state index in [1.165, 1.54) is 0 Å². The zero-order valence-electron chi connectivity index (χ0n) is 11.0. The van der Waals surface area contributed by atoms with Gasteiger partial charge >= 0.3 is 0 Å². The molecule has 0 radical (unpaired) electrons. The van der Waals surface area contributed by atoms with E-state index in [0.29, 0.717) is 25.1 Å². The van der Waals surface area contributed by atoms with Crippen molar-refractivity contribution in [2.75, 3.05) is 6.54 Å². The molecule has 100 valence electrons. The molecular formula is C15H18N2O2. The van der Waals surface area contributed by atoms with Gasteiger partial charge in [0.25, 0.3) is 5.91 Å². The van der Waals surface area contributed by atoms with E-state index >= 15 is 0 Å². The first-order chi connectivity index (χ1) is 9.19. The number of benzene rings is 1. The number of aryl methyl sites for hydroxylation is 1. The molecule has 0 spiro atoms. The largest absolute Gasteiger partial charge is 0.466 e. The summed E-state index contributed by atoms with van der Waals surface area (Å²) in [5, 5.41) is 2.86. The highest BCUT2D eigenvalue weighted by Gasteiger charge is 2.05. The lowest BCUT2D eigenvalue weighted by Gasteiger charge is -2.05. The van der Waals surface area contributed by atoms with E-state index in [1.807, 2.05) is 31.2 Å². The van der Waals surface area contributed by atoms with Crippen LogP contribution in [-0.4, -0.2) is 12.5 Å². The fraction of sp³-hybridized carbons (Fsp3) is 0.267. The van der Waals surface area contributed by atoms with Crippen LogP contribution in [0.1, 0.15) is 27.4 Å². The lowest BCUT2D eigenvalue weighted by atomic mass is 10.1. The van der Waals surface area contributed by atoms with Gasteiger partial charge in [0.05, 0.1) is 0 Å². The van der Waals surface area contributed by atoms with Gasteiger partial charge in [0, 0.05) is 25.1 Å². The van der Waals surface area contributed by atoms with Crippen molar-refractivity contribution in [2.45, 2.75) is 19.9 Å². The molecule has 0 unspecified atom stereocenters. The Morgan fingerprint density at radius 1 is 1.21 bits per heavy atom. The smallest absolute Gasteiger partial charge is 0.251 e. The van der Waals surface area contributed by atoms with Crippen molar-refractivity contribution in [3.8, 4) is 0 Å². The Balaban J connectivity index is 1.83. The highest BCUT2D eigenvalue weighted by Crippen LogP contribution is 2.07. The average molecular weight is 258 g/mol. The molecule has 0 saturated carbocycles. The van der Waals surface area contributed by atoms with Crippen LogP contribution >= 0.6 is 0 Å². The van der Waals surface area contributed by atoms with Gasteiger partial charge < -0.3 is 15.5 Å². The third-order valence-corrected chi connectivity index (χ3v) is 2.90. The normalized spacial score (nSPS) is 10.4. The van der Waals surface area contributed by atoms with Crippen molar-refractivity contribution in [1.29, 1.82) is 0 Å². The van der Waals surface area contributed by atoms with Gasteiger partial charge in [0.2, 0.25) is 0 Å². The summed E-state index contributed by atoms with van der Waals surface area (Å²) in [6.07, 6.45) is 0.695. The number of nitrogens with one attached hydrogen (secondary N) is 1. The summed E-state index contributed by atoms with van der Waals surface area (Å²) >= 11 is 0. The van der Waals surface area contributed by atoms with Crippen LogP contribution in [0, 0.1) is 6.92 Å². The van der Waals surface area contributed by atoms with Gasteiger partial charge in [-0.2, -0.15) is 0 Å². The van der Waals surface area contributed by atoms with Crippen LogP contribution in [0.25, 0.3) is 0 Å². The molecule has 0 fully saturated rings. The maximum absolute atomic E-state index is 11.9. The SMILES string of the molecule is Cc1ccc(CCNC(=O)c2ccc(CN)cc2)o1. The van der Waals surface area contributed by atoms with Crippen LogP contribution in [0.15, 0.2) is 40.8 Å². The molecule has 1 aromatic heterocycles. The van der Waals surface area contributed by atoms with E-state index in [-0.39, 0.29) is 5.91 Å². The molecule has 2 aromatic rings. The van der Waals surface area contributed by atoms with Crippen LogP contribution in [0.2, 0.25) is 0 Å². The van der Waals surface area contributed by atoms with Gasteiger partial charge in [-0.25, -0.2) is 0 Å². The summed E-state index contributed by atoms with van der Waals surface area (Å²) in [6, 6.07) is 11.2. The van der Waals surface area contributed by atoms with E-state index in [4.69, 9.17) is 10.2 Å². The van der Waals surface area contributed by atoms with Crippen LogP contribution < -0.4 is 11.1 Å². The maximum atomic E-state index is 11.9. The van der Waals surface area contributed by atoms with E-state index in [1.54, 1.807) is 12.1 Å². The van der Waals surface area contributed by atoms with Crippen molar-refractivity contribution in [2.24, 2.45) is 5.73 Å². The van der Waals surface area contributed by atoms with Gasteiger partial charge in [0.15, 0.2) is 0 Å². The highest BCUT2D eigenvalue weighted by atomic mass is 16.3. The number of hydrogen-bond acceptors (Lipinski definition) is 3. The van der Waals surface area contributed by atoms with E-state index in [0.717, 1.165) is 17.1 Å². The lowest BCUT2D eigenvalue weighted by molar-refractivity contribution is 0.0953. The van der Waals surface area contributed by atoms with Crippen LogP contribution in [-0.2, 0) is 13.0 Å². The molecule has 2 rings (SSSR count). The number of carbonyl (C=O) groups excluding carboxylic acids is 1. The maximum Gasteiger partial charge on any atom is 0.251 e. The molecule has 0 saturated heterocycles. The Kier molecular flexibility index (Phi) is 4.36. The zero-order valence-corrected chi connectivity index (χ0v) is 11.0. The van der Waals surface area contributed by atoms with Gasteiger partial charge in [-0.15, -0.1) is 0 Å². The quantitative estimate of drug-likeness (QED) is 0.862. The molecule has 3 N–H and O–H groups in total. The Labute approximate surface area is 112 Å². The molecule has 0 aliphatic heterocycles. The molecule has 0 bridgehead atoms. The third-order valence-electron chi connectivity index (χ3n) is 2.90. The van der Waals surface area contributed by atoms with Gasteiger partial charge in [-0.3, -0.25) is 4.79 Å². The first-order valence-electron chi connectivity index (χ1n) is 6.31. The van der Waals surface area contributed by atoms with Crippen LogP contribution in [0.4, 0.5) is 0 Å². The summed E-state index contributed by atoms with van der Waals surface area (Å²) in [6.45, 7) is 2.95. The second kappa shape index (κ2) is 6.20. The van der Waals surface area contributed by atoms with Crippen LogP contribution in [0.3, 0.4) is 0 Å². The Morgan fingerprint density at radius 3 is 2.53 bits per heavy atom. The molecule has 4 heteroatoms. The summed E-state index contributed by atoms with van der Waals surface area (Å²) in [4.78, 5) is 11.9. The van der Waals surface area contributed by atoms with E-state index < -0.39 is 0 Å². The molecule has 4 nitrogen and oxygen atoms in total. The Hall–Kier alpha value is -2.07. The molecule has 0 aliphatic rings. The first-order valence-corrected chi connectivity index (χ1v) is 6.31. The van der Waals surface area contributed by atoms with E-state index in [9.17, 15) is 4.79 Å². The zero-order chi connectivity index (χ0) is 13.7. The number of hydrogen-bond donors (Lipinski definition) is 2. The highest BCUT2D eigenvalue weighted by molar-refractivity contribution is 5.94. The summed E-state index contributed by atoms with van der Waals surface area (Å²) in [5.74, 6) is 1.70. The minimum absolute atomic E-state index is 0.0770. The second-order valence-electron chi connectivity index (χ2n) is 4.42. The lowest BCUT2D eigenvalue weighted by Crippen LogP contribution is -2.25. The predicted octanol–water partition coefficient (Wildman–Crippen LogP) is 2.02. The summed E-state index contributed by atoms with van der Waals surface area (Å²) in [7, 11) is 0. The first kappa shape index (κ1) is 13.4. The molecular weight excluding hydrogens is 240 g/mol. The van der Waals surface area contributed by atoms with Crippen molar-refractivity contribution in [3.63, 3.8) is 0 Å². The third kappa shape index (κ3) is 3.69. The van der Waals surface area contributed by atoms with Crippen molar-refractivity contribution in [1.82, 2.24) is 5.32 Å². The standard InChI is InChI=1S/C15H18N2O2/c1-11-2-7-14(19-11)8-9-17-15(18)13-5-3-12(10-16)4-6-13/h2-7H,8-10,16H2,1H3,(H,17,18). The van der Waals surface area contributed by atoms with Gasteiger partial charge in [0.1, 0.15) is 11.5 Å². The average Bonchev–Trinajstić information content (AvgIpc) is 2.84. The molecule has 1 amide bonds. The predicted molar refractivity (Wildman–Crippen MR) is 73.8 cm³/mol. The van der Waals surface area contributed by atoms with E-state index in [2.05, 4.69) is 5.32 Å². The number of nitrogens with two attached hydrogens (primary N) is 1. The number of amides is 1. The van der Waals surface area contributed by atoms with Crippen molar-refractivity contribution >= 4 is 5.91 Å². The fourth-order valence-electron chi connectivity index (χ4n) is 1.81. The van der Waals surface area contributed by atoms with Gasteiger partial charge in [-0.05, 0) is 36.8 Å². The molecule has 1 heterocycles. The van der Waals surface area contributed by atoms with Crippen molar-refractivity contribution in [3.05, 3.63) is 59.0 Å². The molecule has 19 heavy (non-hydrogen) atoms. The number of rotatable bonds is 5. The topological polar surface area (TPSA) is 68.3 Å². The molecule has 0 aliphatic carbocycles. The monoisotopic (exact) mass is 258 g/mol.